The predicted octanol–water partition coefficient (Wildman–Crippen LogP) is -0.0987. The van der Waals surface area contributed by atoms with Crippen molar-refractivity contribution < 1.29 is 0 Å². The first-order chi connectivity index (χ1) is 9.22. The molecule has 0 bridgehead atoms. The van der Waals surface area contributed by atoms with Crippen LogP contribution in [0.1, 0.15) is 6.92 Å². The zero-order chi connectivity index (χ0) is 13.7. The van der Waals surface area contributed by atoms with E-state index in [1.807, 2.05) is 6.26 Å². The van der Waals surface area contributed by atoms with Crippen molar-refractivity contribution in [3.63, 3.8) is 0 Å². The number of rotatable bonds is 6. The van der Waals surface area contributed by atoms with Crippen molar-refractivity contribution in [2.24, 2.45) is 5.84 Å². The molecule has 102 valence electrons. The normalized spacial score (nSPS) is 12.2. The number of hydrogen-bond donors (Lipinski definition) is 3. The van der Waals surface area contributed by atoms with Gasteiger partial charge in [0.2, 0.25) is 11.9 Å². The van der Waals surface area contributed by atoms with E-state index in [9.17, 15) is 0 Å². The lowest BCUT2D eigenvalue weighted by Crippen LogP contribution is -2.19. The molecular formula is C9H15N9S. The van der Waals surface area contributed by atoms with Gasteiger partial charge in [-0.3, -0.25) is 5.43 Å². The highest BCUT2D eigenvalue weighted by atomic mass is 32.2. The van der Waals surface area contributed by atoms with Gasteiger partial charge in [-0.25, -0.2) is 10.8 Å². The van der Waals surface area contributed by atoms with E-state index in [0.717, 1.165) is 6.54 Å². The third-order valence-corrected chi connectivity index (χ3v) is 3.30. The van der Waals surface area contributed by atoms with Crippen molar-refractivity contribution in [2.75, 3.05) is 23.5 Å². The van der Waals surface area contributed by atoms with E-state index in [4.69, 9.17) is 5.84 Å². The fourth-order valence-corrected chi connectivity index (χ4v) is 1.49. The van der Waals surface area contributed by atoms with Crippen LogP contribution in [0.15, 0.2) is 12.7 Å². The molecule has 2 aromatic rings. The molecule has 0 saturated heterocycles. The van der Waals surface area contributed by atoms with Gasteiger partial charge in [-0.05, 0) is 6.26 Å². The summed E-state index contributed by atoms with van der Waals surface area (Å²) in [6.45, 7) is 2.85. The molecule has 0 aromatic carbocycles. The monoisotopic (exact) mass is 281 g/mol. The van der Waals surface area contributed by atoms with Gasteiger partial charge < -0.3 is 5.32 Å². The summed E-state index contributed by atoms with van der Waals surface area (Å²) in [5, 5.41) is 7.54. The Bertz CT molecular complexity index is 514. The van der Waals surface area contributed by atoms with E-state index >= 15 is 0 Å². The summed E-state index contributed by atoms with van der Waals surface area (Å²) in [5.74, 6) is 6.39. The second-order valence-corrected chi connectivity index (χ2v) is 4.97. The largest absolute Gasteiger partial charge is 0.353 e. The summed E-state index contributed by atoms with van der Waals surface area (Å²) in [6, 6.07) is 0. The van der Waals surface area contributed by atoms with Gasteiger partial charge in [0, 0.05) is 11.8 Å². The lowest BCUT2D eigenvalue weighted by atomic mass is 10.5. The van der Waals surface area contributed by atoms with Crippen molar-refractivity contribution in [1.29, 1.82) is 0 Å². The van der Waals surface area contributed by atoms with Crippen LogP contribution in [-0.4, -0.2) is 47.8 Å². The lowest BCUT2D eigenvalue weighted by Gasteiger charge is -2.11. The quantitative estimate of drug-likeness (QED) is 0.492. The minimum atomic E-state index is 0.264. The van der Waals surface area contributed by atoms with Crippen LogP contribution in [0.5, 0.6) is 0 Å². The van der Waals surface area contributed by atoms with Gasteiger partial charge in [-0.2, -0.15) is 36.5 Å². The molecule has 0 radical (unpaired) electrons. The summed E-state index contributed by atoms with van der Waals surface area (Å²) >= 11 is 1.75. The molecule has 9 nitrogen and oxygen atoms in total. The molecule has 0 aliphatic rings. The van der Waals surface area contributed by atoms with Crippen molar-refractivity contribution >= 4 is 23.7 Å². The zero-order valence-electron chi connectivity index (χ0n) is 10.6. The van der Waals surface area contributed by atoms with Crippen LogP contribution in [-0.2, 0) is 0 Å². The van der Waals surface area contributed by atoms with E-state index in [2.05, 4.69) is 42.7 Å². The minimum absolute atomic E-state index is 0.264. The van der Waals surface area contributed by atoms with Crippen LogP contribution in [0.4, 0.5) is 11.9 Å². The van der Waals surface area contributed by atoms with Crippen LogP contribution < -0.4 is 16.6 Å². The molecule has 2 heterocycles. The Balaban J connectivity index is 2.21. The fraction of sp³-hybridized carbons (Fsp3) is 0.444. The summed E-state index contributed by atoms with van der Waals surface area (Å²) in [7, 11) is 0. The molecular weight excluding hydrogens is 266 g/mol. The summed E-state index contributed by atoms with van der Waals surface area (Å²) < 4.78 is 1.44. The van der Waals surface area contributed by atoms with E-state index in [0.29, 0.717) is 17.1 Å². The van der Waals surface area contributed by atoms with Gasteiger partial charge in [0.25, 0.3) is 5.95 Å². The summed E-state index contributed by atoms with van der Waals surface area (Å²) in [6.07, 6.45) is 4.96. The third-order valence-electron chi connectivity index (χ3n) is 2.33. The first-order valence-electron chi connectivity index (χ1n) is 5.57. The maximum Gasteiger partial charge on any atom is 0.258 e. The highest BCUT2D eigenvalue weighted by molar-refractivity contribution is 7.99. The summed E-state index contributed by atoms with van der Waals surface area (Å²) in [5.41, 5.74) is 2.40. The van der Waals surface area contributed by atoms with Gasteiger partial charge in [-0.1, -0.05) is 6.92 Å². The SMILES string of the molecule is CSC(C)CNc1nc(NN)nc(-n2cncn2)n1. The van der Waals surface area contributed by atoms with Gasteiger partial charge in [-0.15, -0.1) is 0 Å². The van der Waals surface area contributed by atoms with Crippen molar-refractivity contribution in [2.45, 2.75) is 12.2 Å². The van der Waals surface area contributed by atoms with Crippen LogP contribution in [0, 0.1) is 0 Å². The van der Waals surface area contributed by atoms with E-state index in [1.165, 1.54) is 17.3 Å². The number of nitrogens with two attached hydrogens (primary N) is 1. The third kappa shape index (κ3) is 3.51. The molecule has 4 N–H and O–H groups in total. The molecule has 10 heteroatoms. The predicted molar refractivity (Wildman–Crippen MR) is 74.0 cm³/mol. The molecule has 0 aliphatic heterocycles. The van der Waals surface area contributed by atoms with Crippen molar-refractivity contribution in [3.8, 4) is 5.95 Å². The Morgan fingerprint density at radius 1 is 1.37 bits per heavy atom. The molecule has 0 saturated carbocycles. The molecule has 1 unspecified atom stereocenters. The van der Waals surface area contributed by atoms with Gasteiger partial charge in [0.05, 0.1) is 0 Å². The average Bonchev–Trinajstić information content (AvgIpc) is 2.98. The Kier molecular flexibility index (Phi) is 4.47. The highest BCUT2D eigenvalue weighted by Crippen LogP contribution is 2.09. The van der Waals surface area contributed by atoms with Crippen molar-refractivity contribution in [3.05, 3.63) is 12.7 Å². The fourth-order valence-electron chi connectivity index (χ4n) is 1.24. The standard InChI is InChI=1S/C9H15N9S/c1-6(19-2)3-12-7-14-8(17-10)16-9(15-7)18-5-11-4-13-18/h4-6H,3,10H2,1-2H3,(H2,12,14,15,16,17). The first kappa shape index (κ1) is 13.5. The second kappa shape index (κ2) is 6.29. The Morgan fingerprint density at radius 3 is 2.79 bits per heavy atom. The number of nitrogen functional groups attached to an aromatic ring is 1. The smallest absolute Gasteiger partial charge is 0.258 e. The highest BCUT2D eigenvalue weighted by Gasteiger charge is 2.09. The van der Waals surface area contributed by atoms with Gasteiger partial charge >= 0.3 is 0 Å². The van der Waals surface area contributed by atoms with Gasteiger partial charge in [0.1, 0.15) is 12.7 Å². The van der Waals surface area contributed by atoms with E-state index < -0.39 is 0 Å². The Hall–Kier alpha value is -1.94. The topological polar surface area (TPSA) is 119 Å². The molecule has 1 atom stereocenters. The van der Waals surface area contributed by atoms with E-state index in [1.54, 1.807) is 11.8 Å². The number of hydrogen-bond acceptors (Lipinski definition) is 9. The second-order valence-electron chi connectivity index (χ2n) is 3.69. The van der Waals surface area contributed by atoms with Crippen LogP contribution in [0.25, 0.3) is 5.95 Å². The molecule has 0 fully saturated rings. The number of aromatic nitrogens is 6. The molecule has 0 aliphatic carbocycles. The van der Waals surface area contributed by atoms with Crippen LogP contribution >= 0.6 is 11.8 Å². The lowest BCUT2D eigenvalue weighted by molar-refractivity contribution is 0.793. The Morgan fingerprint density at radius 2 is 2.16 bits per heavy atom. The van der Waals surface area contributed by atoms with E-state index in [-0.39, 0.29) is 5.95 Å². The molecule has 2 rings (SSSR count). The summed E-state index contributed by atoms with van der Waals surface area (Å²) in [4.78, 5) is 16.3. The maximum atomic E-state index is 5.34. The van der Waals surface area contributed by atoms with Crippen molar-refractivity contribution in [1.82, 2.24) is 29.7 Å². The molecule has 0 spiro atoms. The number of nitrogens with zero attached hydrogens (tertiary/aromatic N) is 6. The minimum Gasteiger partial charge on any atom is -0.353 e. The number of hydrazine groups is 1. The molecule has 2 aromatic heterocycles. The first-order valence-corrected chi connectivity index (χ1v) is 6.86. The Labute approximate surface area is 114 Å². The molecule has 19 heavy (non-hydrogen) atoms. The zero-order valence-corrected chi connectivity index (χ0v) is 11.4. The number of thioether (sulfide) groups is 1. The number of nitrogens with one attached hydrogen (secondary N) is 2. The molecule has 0 amide bonds. The average molecular weight is 281 g/mol. The number of anilines is 2. The van der Waals surface area contributed by atoms with Crippen LogP contribution in [0.3, 0.4) is 0 Å². The van der Waals surface area contributed by atoms with Crippen LogP contribution in [0.2, 0.25) is 0 Å². The maximum absolute atomic E-state index is 5.34. The van der Waals surface area contributed by atoms with Gasteiger partial charge in [0.15, 0.2) is 0 Å².